The number of aromatic nitrogens is 4. The third-order valence-corrected chi connectivity index (χ3v) is 4.02. The number of tetrazole rings is 1. The molecule has 0 aliphatic carbocycles. The number of carbonyl (C=O) groups excluding carboxylic acids is 1. The van der Waals surface area contributed by atoms with Gasteiger partial charge in [0.05, 0.1) is 22.3 Å². The van der Waals surface area contributed by atoms with Crippen LogP contribution in [0.2, 0.25) is 5.02 Å². The maximum atomic E-state index is 12.5. The molecule has 8 heteroatoms. The van der Waals surface area contributed by atoms with E-state index in [1.807, 2.05) is 14.1 Å². The van der Waals surface area contributed by atoms with Gasteiger partial charge in [0.15, 0.2) is 0 Å². The predicted molar refractivity (Wildman–Crippen MR) is 77.5 cm³/mol. The molecule has 1 saturated heterocycles. The molecule has 1 amide bonds. The van der Waals surface area contributed by atoms with Gasteiger partial charge in [-0.2, -0.15) is 0 Å². The van der Waals surface area contributed by atoms with Crippen molar-refractivity contribution in [3.05, 3.63) is 35.1 Å². The van der Waals surface area contributed by atoms with E-state index in [0.29, 0.717) is 16.3 Å². The summed E-state index contributed by atoms with van der Waals surface area (Å²) in [6.07, 6.45) is 1.48. The normalized spacial score (nSPS) is 15.8. The van der Waals surface area contributed by atoms with Crippen LogP contribution in [0.1, 0.15) is 10.4 Å². The van der Waals surface area contributed by atoms with Crippen molar-refractivity contribution in [1.82, 2.24) is 30.0 Å². The largest absolute Gasteiger partial charge is 0.336 e. The minimum atomic E-state index is -0.0682. The van der Waals surface area contributed by atoms with Gasteiger partial charge in [-0.15, -0.1) is 5.10 Å². The van der Waals surface area contributed by atoms with Crippen LogP contribution in [0.15, 0.2) is 24.5 Å². The van der Waals surface area contributed by atoms with Gasteiger partial charge in [-0.05, 0) is 35.7 Å². The number of benzene rings is 1. The first-order chi connectivity index (χ1) is 10.1. The summed E-state index contributed by atoms with van der Waals surface area (Å²) >= 11 is 6.24. The molecule has 110 valence electrons. The number of hydrogen-bond acceptors (Lipinski definition) is 5. The molecular weight excluding hydrogens is 292 g/mol. The van der Waals surface area contributed by atoms with Crippen LogP contribution in [0.25, 0.3) is 5.69 Å². The third-order valence-electron chi connectivity index (χ3n) is 3.71. The van der Waals surface area contributed by atoms with Gasteiger partial charge in [-0.3, -0.25) is 4.79 Å². The van der Waals surface area contributed by atoms with Crippen molar-refractivity contribution in [2.45, 2.75) is 6.04 Å². The van der Waals surface area contributed by atoms with Crippen molar-refractivity contribution in [3.63, 3.8) is 0 Å². The molecule has 0 radical (unpaired) electrons. The van der Waals surface area contributed by atoms with Crippen LogP contribution in [0, 0.1) is 0 Å². The molecule has 0 spiro atoms. The van der Waals surface area contributed by atoms with Crippen LogP contribution in [-0.2, 0) is 0 Å². The monoisotopic (exact) mass is 306 g/mol. The van der Waals surface area contributed by atoms with Crippen molar-refractivity contribution in [3.8, 4) is 5.69 Å². The fourth-order valence-corrected chi connectivity index (χ4v) is 2.62. The van der Waals surface area contributed by atoms with E-state index in [2.05, 4.69) is 20.4 Å². The summed E-state index contributed by atoms with van der Waals surface area (Å²) in [5.41, 5.74) is 1.21. The SMILES string of the molecule is CN1CC(N(C)C(=O)c2ccc(-n3cnnn3)cc2Cl)C1. The second kappa shape index (κ2) is 5.42. The highest BCUT2D eigenvalue weighted by Crippen LogP contribution is 2.23. The summed E-state index contributed by atoms with van der Waals surface area (Å²) in [6.45, 7) is 1.78. The number of likely N-dealkylation sites (tertiary alicyclic amines) is 1. The van der Waals surface area contributed by atoms with Crippen molar-refractivity contribution in [1.29, 1.82) is 0 Å². The summed E-state index contributed by atoms with van der Waals surface area (Å²) in [7, 11) is 3.84. The fraction of sp³-hybridized carbons (Fsp3) is 0.385. The minimum absolute atomic E-state index is 0.0682. The zero-order chi connectivity index (χ0) is 15.0. The maximum absolute atomic E-state index is 12.5. The molecule has 0 saturated carbocycles. The average molecular weight is 307 g/mol. The van der Waals surface area contributed by atoms with Crippen molar-refractivity contribution in [2.75, 3.05) is 27.2 Å². The highest BCUT2D eigenvalue weighted by atomic mass is 35.5. The van der Waals surface area contributed by atoms with E-state index in [4.69, 9.17) is 11.6 Å². The maximum Gasteiger partial charge on any atom is 0.255 e. The van der Waals surface area contributed by atoms with Crippen LogP contribution >= 0.6 is 11.6 Å². The standard InChI is InChI=1S/C13H15ClN6O/c1-18-6-10(7-18)19(2)13(21)11-4-3-9(5-12(11)14)20-8-15-16-17-20/h3-5,8,10H,6-7H2,1-2H3. The van der Waals surface area contributed by atoms with Gasteiger partial charge < -0.3 is 9.80 Å². The van der Waals surface area contributed by atoms with E-state index in [1.54, 1.807) is 23.1 Å². The van der Waals surface area contributed by atoms with Gasteiger partial charge in [-0.1, -0.05) is 11.6 Å². The van der Waals surface area contributed by atoms with Gasteiger partial charge in [0.2, 0.25) is 0 Å². The number of nitrogens with zero attached hydrogens (tertiary/aromatic N) is 6. The lowest BCUT2D eigenvalue weighted by molar-refractivity contribution is 0.0460. The second-order valence-corrected chi connectivity index (χ2v) is 5.62. The number of hydrogen-bond donors (Lipinski definition) is 0. The van der Waals surface area contributed by atoms with E-state index < -0.39 is 0 Å². The molecule has 1 aromatic heterocycles. The molecule has 2 heterocycles. The van der Waals surface area contributed by atoms with Crippen LogP contribution in [0.5, 0.6) is 0 Å². The lowest BCUT2D eigenvalue weighted by Gasteiger charge is -2.42. The Morgan fingerprint density at radius 3 is 2.76 bits per heavy atom. The van der Waals surface area contributed by atoms with E-state index in [-0.39, 0.29) is 11.9 Å². The van der Waals surface area contributed by atoms with Crippen LogP contribution in [-0.4, -0.2) is 69.1 Å². The summed E-state index contributed by atoms with van der Waals surface area (Å²) in [5.74, 6) is -0.0682. The van der Waals surface area contributed by atoms with Crippen LogP contribution in [0.4, 0.5) is 0 Å². The molecule has 7 nitrogen and oxygen atoms in total. The molecule has 0 unspecified atom stereocenters. The smallest absolute Gasteiger partial charge is 0.255 e. The van der Waals surface area contributed by atoms with Gasteiger partial charge >= 0.3 is 0 Å². The summed E-state index contributed by atoms with van der Waals surface area (Å²) in [5, 5.41) is 11.3. The molecule has 0 atom stereocenters. The first-order valence-electron chi connectivity index (χ1n) is 6.55. The van der Waals surface area contributed by atoms with Crippen molar-refractivity contribution in [2.24, 2.45) is 0 Å². The molecule has 1 aliphatic rings. The van der Waals surface area contributed by atoms with Crippen LogP contribution < -0.4 is 0 Å². The summed E-state index contributed by atoms with van der Waals surface area (Å²) in [4.78, 5) is 16.4. The molecule has 2 aromatic rings. The van der Waals surface area contributed by atoms with E-state index in [1.165, 1.54) is 11.0 Å². The van der Waals surface area contributed by atoms with Crippen molar-refractivity contribution >= 4 is 17.5 Å². The Labute approximate surface area is 127 Å². The van der Waals surface area contributed by atoms with Gasteiger partial charge in [0.25, 0.3) is 5.91 Å². The Bertz CT molecular complexity index is 653. The second-order valence-electron chi connectivity index (χ2n) is 5.21. The Kier molecular flexibility index (Phi) is 3.60. The lowest BCUT2D eigenvalue weighted by Crippen LogP contribution is -2.58. The molecule has 1 aliphatic heterocycles. The van der Waals surface area contributed by atoms with Gasteiger partial charge in [0, 0.05) is 20.1 Å². The topological polar surface area (TPSA) is 67.2 Å². The zero-order valence-corrected chi connectivity index (χ0v) is 12.5. The Hall–Kier alpha value is -1.99. The summed E-state index contributed by atoms with van der Waals surface area (Å²) < 4.78 is 1.49. The molecular formula is C13H15ClN6O. The first kappa shape index (κ1) is 14.0. The number of carbonyl (C=O) groups is 1. The van der Waals surface area contributed by atoms with Crippen LogP contribution in [0.3, 0.4) is 0 Å². The highest BCUT2D eigenvalue weighted by molar-refractivity contribution is 6.34. The molecule has 1 fully saturated rings. The summed E-state index contributed by atoms with van der Waals surface area (Å²) in [6, 6.07) is 5.42. The fourth-order valence-electron chi connectivity index (χ4n) is 2.37. The number of amides is 1. The Balaban J connectivity index is 1.81. The van der Waals surface area contributed by atoms with Crippen molar-refractivity contribution < 1.29 is 4.79 Å². The zero-order valence-electron chi connectivity index (χ0n) is 11.8. The molecule has 0 bridgehead atoms. The number of likely N-dealkylation sites (N-methyl/N-ethyl adjacent to an activating group) is 2. The number of rotatable bonds is 3. The number of halogens is 1. The Morgan fingerprint density at radius 1 is 1.43 bits per heavy atom. The quantitative estimate of drug-likeness (QED) is 0.835. The molecule has 1 aromatic carbocycles. The lowest BCUT2D eigenvalue weighted by atomic mass is 10.1. The van der Waals surface area contributed by atoms with E-state index in [0.717, 1.165) is 13.1 Å². The van der Waals surface area contributed by atoms with E-state index in [9.17, 15) is 4.79 Å². The Morgan fingerprint density at radius 2 is 2.19 bits per heavy atom. The molecule has 3 rings (SSSR count). The highest BCUT2D eigenvalue weighted by Gasteiger charge is 2.30. The molecule has 21 heavy (non-hydrogen) atoms. The predicted octanol–water partition coefficient (Wildman–Crippen LogP) is 0.702. The minimum Gasteiger partial charge on any atom is -0.336 e. The average Bonchev–Trinajstić information content (AvgIpc) is 2.96. The molecule has 0 N–H and O–H groups in total. The first-order valence-corrected chi connectivity index (χ1v) is 6.92. The van der Waals surface area contributed by atoms with E-state index >= 15 is 0 Å². The van der Waals surface area contributed by atoms with Gasteiger partial charge in [0.1, 0.15) is 6.33 Å². The third kappa shape index (κ3) is 2.62. The van der Waals surface area contributed by atoms with Gasteiger partial charge in [-0.25, -0.2) is 4.68 Å².